The zero-order valence-electron chi connectivity index (χ0n) is 6.15. The minimum absolute atomic E-state index is 0.931. The van der Waals surface area contributed by atoms with Crippen LogP contribution in [0.25, 0.3) is 0 Å². The van der Waals surface area contributed by atoms with Gasteiger partial charge in [-0.2, -0.15) is 0 Å². The van der Waals surface area contributed by atoms with Crippen molar-refractivity contribution in [1.82, 2.24) is 16.5 Å². The Labute approximate surface area is 55.7 Å². The van der Waals surface area contributed by atoms with E-state index in [1.165, 1.54) is 0 Å². The molecule has 1 heterocycles. The zero-order chi connectivity index (χ0) is 7.11. The molecule has 0 saturated heterocycles. The quantitative estimate of drug-likeness (QED) is 0.480. The van der Waals surface area contributed by atoms with E-state index in [1.807, 2.05) is 20.8 Å². The van der Waals surface area contributed by atoms with Crippen LogP contribution in [-0.4, -0.2) is 5.84 Å². The number of rotatable bonds is 1. The number of nitrogens with one attached hydrogen (secondary N) is 3. The summed E-state index contributed by atoms with van der Waals surface area (Å²) in [5.41, 5.74) is 7.96. The van der Waals surface area contributed by atoms with Crippen LogP contribution in [-0.2, 0) is 0 Å². The van der Waals surface area contributed by atoms with Gasteiger partial charge in [0, 0.05) is 6.42 Å². The summed E-state index contributed by atoms with van der Waals surface area (Å²) < 4.78 is 0. The number of amidine groups is 1. The van der Waals surface area contributed by atoms with E-state index in [9.17, 15) is 0 Å². The molecule has 1 rings (SSSR count). The minimum Gasteiger partial charge on any atom is -0.289 e. The van der Waals surface area contributed by atoms with E-state index in [0.717, 1.165) is 12.3 Å². The Morgan fingerprint density at radius 3 is 2.33 bits per heavy atom. The fraction of sp³-hybridized carbons (Fsp3) is 0.800. The fourth-order valence-corrected chi connectivity index (χ4v) is 0.391. The molecule has 1 aliphatic heterocycles. The Bertz CT molecular complexity index is 89.0. The van der Waals surface area contributed by atoms with Gasteiger partial charge in [-0.1, -0.05) is 20.8 Å². The molecular weight excluding hydrogens is 116 g/mol. The molecule has 0 atom stereocenters. The zero-order valence-corrected chi connectivity index (χ0v) is 6.15. The molecule has 0 spiro atoms. The predicted molar refractivity (Wildman–Crippen MR) is 38.5 cm³/mol. The second-order valence-electron chi connectivity index (χ2n) is 1.27. The van der Waals surface area contributed by atoms with Gasteiger partial charge in [0.1, 0.15) is 5.84 Å². The van der Waals surface area contributed by atoms with Gasteiger partial charge in [0.15, 0.2) is 0 Å². The molecule has 3 N–H and O–H groups in total. The van der Waals surface area contributed by atoms with E-state index >= 15 is 0 Å². The molecular formula is C5H14N4. The molecule has 0 aliphatic carbocycles. The molecule has 9 heavy (non-hydrogen) atoms. The Hall–Kier alpha value is -0.770. The lowest BCUT2D eigenvalue weighted by atomic mass is 10.5. The Kier molecular flexibility index (Phi) is 4.91. The van der Waals surface area contributed by atoms with Crippen molar-refractivity contribution < 1.29 is 0 Å². The maximum atomic E-state index is 3.80. The number of hydrogen-bond acceptors (Lipinski definition) is 4. The number of hydrazone groups is 1. The van der Waals surface area contributed by atoms with Crippen LogP contribution < -0.4 is 16.5 Å². The van der Waals surface area contributed by atoms with Crippen molar-refractivity contribution >= 4 is 5.84 Å². The molecule has 0 saturated carbocycles. The standard InChI is InChI=1S/C3H8N4.C2H6/c1-2-3-4-6-7-5-3;1-2/h6-7H,2H2,1H3,(H,4,5);1-2H3. The molecule has 0 amide bonds. The van der Waals surface area contributed by atoms with Gasteiger partial charge in [-0.15, -0.1) is 10.6 Å². The molecule has 4 heteroatoms. The van der Waals surface area contributed by atoms with Gasteiger partial charge in [-0.05, 0) is 0 Å². The summed E-state index contributed by atoms with van der Waals surface area (Å²) in [4.78, 5) is 0. The average Bonchev–Trinajstić information content (AvgIpc) is 2.43. The number of nitrogens with zero attached hydrogens (tertiary/aromatic N) is 1. The summed E-state index contributed by atoms with van der Waals surface area (Å²) in [6.07, 6.45) is 0.931. The van der Waals surface area contributed by atoms with Crippen LogP contribution in [0.1, 0.15) is 27.2 Å². The molecule has 0 radical (unpaired) electrons. The second kappa shape index (κ2) is 5.37. The first-order chi connectivity index (χ1) is 4.43. The molecule has 0 aromatic rings. The smallest absolute Gasteiger partial charge is 0.139 e. The molecule has 0 aromatic heterocycles. The normalized spacial score (nSPS) is 14.3. The maximum absolute atomic E-state index is 3.80. The third-order valence-electron chi connectivity index (χ3n) is 0.788. The Morgan fingerprint density at radius 2 is 2.11 bits per heavy atom. The topological polar surface area (TPSA) is 48.5 Å². The molecule has 4 nitrogen and oxygen atoms in total. The summed E-state index contributed by atoms with van der Waals surface area (Å²) in [5, 5.41) is 3.80. The highest BCUT2D eigenvalue weighted by atomic mass is 15.8. The predicted octanol–water partition coefficient (Wildman–Crippen LogP) is 0.348. The highest BCUT2D eigenvalue weighted by Crippen LogP contribution is 1.78. The van der Waals surface area contributed by atoms with Crippen LogP contribution in [0, 0.1) is 0 Å². The average molecular weight is 130 g/mol. The van der Waals surface area contributed by atoms with Crippen LogP contribution >= 0.6 is 0 Å². The SMILES string of the molecule is CC.CCC1=NNNN1. The van der Waals surface area contributed by atoms with Crippen molar-refractivity contribution in [2.45, 2.75) is 27.2 Å². The number of hydrogen-bond donors (Lipinski definition) is 3. The van der Waals surface area contributed by atoms with Crippen molar-refractivity contribution in [2.24, 2.45) is 5.10 Å². The van der Waals surface area contributed by atoms with Crippen LogP contribution in [0.4, 0.5) is 0 Å². The van der Waals surface area contributed by atoms with Crippen LogP contribution in [0.5, 0.6) is 0 Å². The van der Waals surface area contributed by atoms with E-state index in [2.05, 4.69) is 21.6 Å². The van der Waals surface area contributed by atoms with Gasteiger partial charge >= 0.3 is 0 Å². The lowest BCUT2D eigenvalue weighted by Gasteiger charge is -1.90. The molecule has 0 aromatic carbocycles. The van der Waals surface area contributed by atoms with Crippen molar-refractivity contribution in [3.63, 3.8) is 0 Å². The first-order valence-corrected chi connectivity index (χ1v) is 3.26. The van der Waals surface area contributed by atoms with Crippen LogP contribution in [0.15, 0.2) is 5.10 Å². The van der Waals surface area contributed by atoms with Gasteiger partial charge in [0.05, 0.1) is 0 Å². The highest BCUT2D eigenvalue weighted by molar-refractivity contribution is 5.81. The highest BCUT2D eigenvalue weighted by Gasteiger charge is 1.96. The summed E-state index contributed by atoms with van der Waals surface area (Å²) in [7, 11) is 0. The Morgan fingerprint density at radius 1 is 1.44 bits per heavy atom. The van der Waals surface area contributed by atoms with Crippen LogP contribution in [0.2, 0.25) is 0 Å². The lowest BCUT2D eigenvalue weighted by Crippen LogP contribution is -2.34. The lowest BCUT2D eigenvalue weighted by molar-refractivity contribution is 0.576. The molecule has 0 fully saturated rings. The van der Waals surface area contributed by atoms with Gasteiger partial charge in [0.25, 0.3) is 0 Å². The second-order valence-corrected chi connectivity index (χ2v) is 1.27. The van der Waals surface area contributed by atoms with Crippen molar-refractivity contribution in [3.05, 3.63) is 0 Å². The van der Waals surface area contributed by atoms with E-state index in [4.69, 9.17) is 0 Å². The summed E-state index contributed by atoms with van der Waals surface area (Å²) in [5.74, 6) is 0.944. The molecule has 54 valence electrons. The van der Waals surface area contributed by atoms with E-state index in [1.54, 1.807) is 0 Å². The largest absolute Gasteiger partial charge is 0.289 e. The van der Waals surface area contributed by atoms with Gasteiger partial charge in [0.2, 0.25) is 0 Å². The first kappa shape index (κ1) is 8.23. The molecule has 0 bridgehead atoms. The van der Waals surface area contributed by atoms with E-state index in [0.29, 0.717) is 0 Å². The van der Waals surface area contributed by atoms with Gasteiger partial charge in [-0.25, -0.2) is 5.53 Å². The van der Waals surface area contributed by atoms with Crippen molar-refractivity contribution in [3.8, 4) is 0 Å². The third-order valence-corrected chi connectivity index (χ3v) is 0.788. The van der Waals surface area contributed by atoms with E-state index in [-0.39, 0.29) is 0 Å². The number of hydrazine groups is 2. The third kappa shape index (κ3) is 2.92. The summed E-state index contributed by atoms with van der Waals surface area (Å²) >= 11 is 0. The van der Waals surface area contributed by atoms with Gasteiger partial charge in [-0.3, -0.25) is 5.43 Å². The summed E-state index contributed by atoms with van der Waals surface area (Å²) in [6, 6.07) is 0. The molecule has 0 unspecified atom stereocenters. The monoisotopic (exact) mass is 130 g/mol. The van der Waals surface area contributed by atoms with E-state index < -0.39 is 0 Å². The molecule has 1 aliphatic rings. The van der Waals surface area contributed by atoms with Gasteiger partial charge < -0.3 is 0 Å². The Balaban J connectivity index is 0.000000291. The van der Waals surface area contributed by atoms with Crippen LogP contribution in [0.3, 0.4) is 0 Å². The van der Waals surface area contributed by atoms with Crippen molar-refractivity contribution in [1.29, 1.82) is 0 Å². The first-order valence-electron chi connectivity index (χ1n) is 3.26. The maximum Gasteiger partial charge on any atom is 0.139 e. The van der Waals surface area contributed by atoms with Crippen molar-refractivity contribution in [2.75, 3.05) is 0 Å². The summed E-state index contributed by atoms with van der Waals surface area (Å²) in [6.45, 7) is 6.03. The fourth-order valence-electron chi connectivity index (χ4n) is 0.391. The minimum atomic E-state index is 0.931.